The fourth-order valence-electron chi connectivity index (χ4n) is 3.72. The van der Waals surface area contributed by atoms with Gasteiger partial charge in [-0.25, -0.2) is 4.79 Å². The molecule has 0 spiro atoms. The van der Waals surface area contributed by atoms with E-state index in [0.29, 0.717) is 29.7 Å². The Hall–Kier alpha value is -3.19. The summed E-state index contributed by atoms with van der Waals surface area (Å²) in [5.41, 5.74) is 2.49. The molecule has 2 amide bonds. The number of carbonyl (C=O) groups is 1. The van der Waals surface area contributed by atoms with E-state index in [9.17, 15) is 9.90 Å². The minimum absolute atomic E-state index is 0.214. The normalized spacial score (nSPS) is 12.1. The van der Waals surface area contributed by atoms with Crippen molar-refractivity contribution in [3.8, 4) is 11.5 Å². The second-order valence-corrected chi connectivity index (χ2v) is 8.29. The van der Waals surface area contributed by atoms with Gasteiger partial charge in [-0.1, -0.05) is 26.0 Å². The van der Waals surface area contributed by atoms with Gasteiger partial charge in [-0.2, -0.15) is 0 Å². The maximum atomic E-state index is 12.7. The van der Waals surface area contributed by atoms with E-state index >= 15 is 0 Å². The molecule has 0 saturated heterocycles. The van der Waals surface area contributed by atoms with Crippen LogP contribution in [0.4, 0.5) is 10.5 Å². The highest BCUT2D eigenvalue weighted by molar-refractivity contribution is 5.91. The predicted octanol–water partition coefficient (Wildman–Crippen LogP) is 4.86. The van der Waals surface area contributed by atoms with Crippen molar-refractivity contribution < 1.29 is 19.4 Å². The molecule has 0 aliphatic carbocycles. The fourth-order valence-corrected chi connectivity index (χ4v) is 3.72. The molecule has 0 saturated carbocycles. The summed E-state index contributed by atoms with van der Waals surface area (Å²) in [5, 5.41) is 16.6. The Labute approximate surface area is 189 Å². The molecule has 3 aromatic rings. The van der Waals surface area contributed by atoms with Gasteiger partial charge < -0.3 is 29.8 Å². The summed E-state index contributed by atoms with van der Waals surface area (Å²) in [6.07, 6.45) is 3.99. The van der Waals surface area contributed by atoms with Crippen molar-refractivity contribution in [3.63, 3.8) is 0 Å². The van der Waals surface area contributed by atoms with Crippen LogP contribution in [0.5, 0.6) is 11.5 Å². The minimum atomic E-state index is -0.536. The van der Waals surface area contributed by atoms with E-state index in [4.69, 9.17) is 9.47 Å². The second-order valence-electron chi connectivity index (χ2n) is 8.29. The number of hydrogen-bond donors (Lipinski definition) is 3. The van der Waals surface area contributed by atoms with Crippen LogP contribution in [0.25, 0.3) is 10.9 Å². The molecule has 1 aromatic heterocycles. The molecule has 0 bridgehead atoms. The molecule has 3 rings (SSSR count). The second kappa shape index (κ2) is 10.9. The van der Waals surface area contributed by atoms with Crippen LogP contribution in [-0.4, -0.2) is 36.0 Å². The molecular weight excluding hydrogens is 406 g/mol. The summed E-state index contributed by atoms with van der Waals surface area (Å²) in [7, 11) is 3.55. The predicted molar refractivity (Wildman–Crippen MR) is 127 cm³/mol. The summed E-state index contributed by atoms with van der Waals surface area (Å²) in [6, 6.07) is 12.2. The summed E-state index contributed by atoms with van der Waals surface area (Å²) >= 11 is 0. The number of nitrogens with one attached hydrogen (secondary N) is 2. The van der Waals surface area contributed by atoms with Crippen molar-refractivity contribution in [2.24, 2.45) is 13.0 Å². The first-order chi connectivity index (χ1) is 15.4. The van der Waals surface area contributed by atoms with Crippen molar-refractivity contribution in [2.45, 2.75) is 32.7 Å². The Kier molecular flexibility index (Phi) is 8.00. The molecule has 7 nitrogen and oxygen atoms in total. The smallest absolute Gasteiger partial charge is 0.319 e. The van der Waals surface area contributed by atoms with Crippen LogP contribution >= 0.6 is 0 Å². The Bertz CT molecular complexity index is 1040. The van der Waals surface area contributed by atoms with Crippen molar-refractivity contribution in [3.05, 3.63) is 54.2 Å². The van der Waals surface area contributed by atoms with Crippen LogP contribution in [0.15, 0.2) is 48.7 Å². The molecule has 1 atom stereocenters. The third kappa shape index (κ3) is 5.73. The molecule has 1 heterocycles. The molecule has 172 valence electrons. The van der Waals surface area contributed by atoms with Crippen LogP contribution in [-0.2, 0) is 7.05 Å². The maximum absolute atomic E-state index is 12.7. The number of aromatic nitrogens is 1. The Morgan fingerprint density at radius 2 is 1.97 bits per heavy atom. The molecule has 0 radical (unpaired) electrons. The van der Waals surface area contributed by atoms with E-state index in [1.807, 2.05) is 42.1 Å². The number of ether oxygens (including phenoxy) is 2. The van der Waals surface area contributed by atoms with Gasteiger partial charge in [0.1, 0.15) is 0 Å². The number of hydrogen-bond acceptors (Lipinski definition) is 4. The van der Waals surface area contributed by atoms with Crippen LogP contribution < -0.4 is 20.1 Å². The summed E-state index contributed by atoms with van der Waals surface area (Å²) in [4.78, 5) is 12.7. The molecule has 0 aliphatic heterocycles. The van der Waals surface area contributed by atoms with Gasteiger partial charge in [0, 0.05) is 35.9 Å². The number of methoxy groups -OCH3 is 1. The van der Waals surface area contributed by atoms with Crippen molar-refractivity contribution in [2.75, 3.05) is 25.6 Å². The number of urea groups is 1. The first-order valence-corrected chi connectivity index (χ1v) is 11.0. The van der Waals surface area contributed by atoms with Gasteiger partial charge in [0.2, 0.25) is 0 Å². The lowest BCUT2D eigenvalue weighted by atomic mass is 10.0. The highest BCUT2D eigenvalue weighted by Gasteiger charge is 2.18. The van der Waals surface area contributed by atoms with E-state index < -0.39 is 12.1 Å². The summed E-state index contributed by atoms with van der Waals surface area (Å²) < 4.78 is 13.3. The Morgan fingerprint density at radius 3 is 2.69 bits per heavy atom. The zero-order valence-corrected chi connectivity index (χ0v) is 19.2. The monoisotopic (exact) mass is 439 g/mol. The molecule has 0 fully saturated rings. The lowest BCUT2D eigenvalue weighted by Crippen LogP contribution is -2.34. The SMILES string of the molecule is COc1ccc(NC(=O)NC(CO)c2cccc3c2ccn3C)cc1OCCCC(C)C. The Balaban J connectivity index is 1.68. The van der Waals surface area contributed by atoms with Crippen LogP contribution in [0.2, 0.25) is 0 Å². The van der Waals surface area contributed by atoms with Crippen LogP contribution in [0.1, 0.15) is 38.3 Å². The molecule has 3 N–H and O–H groups in total. The first kappa shape index (κ1) is 23.5. The van der Waals surface area contributed by atoms with Crippen molar-refractivity contribution in [1.29, 1.82) is 0 Å². The number of aryl methyl sites for hydroxylation is 1. The third-order valence-electron chi connectivity index (χ3n) is 5.43. The number of benzene rings is 2. The number of anilines is 1. The summed E-state index contributed by atoms with van der Waals surface area (Å²) in [6.45, 7) is 4.73. The van der Waals surface area contributed by atoms with Gasteiger partial charge >= 0.3 is 6.03 Å². The quantitative estimate of drug-likeness (QED) is 0.394. The number of rotatable bonds is 10. The van der Waals surface area contributed by atoms with E-state index in [2.05, 4.69) is 24.5 Å². The number of carbonyl (C=O) groups excluding carboxylic acids is 1. The van der Waals surface area contributed by atoms with Crippen LogP contribution in [0, 0.1) is 5.92 Å². The molecule has 32 heavy (non-hydrogen) atoms. The zero-order valence-electron chi connectivity index (χ0n) is 19.2. The van der Waals surface area contributed by atoms with Crippen molar-refractivity contribution >= 4 is 22.6 Å². The topological polar surface area (TPSA) is 84.8 Å². The molecule has 1 unspecified atom stereocenters. The van der Waals surface area contributed by atoms with E-state index in [0.717, 1.165) is 29.3 Å². The number of amides is 2. The standard InChI is InChI=1S/C25H33N3O4/c1-17(2)7-6-14-32-24-15-18(10-11-23(24)31-4)26-25(30)27-21(16-29)19-8-5-9-22-20(19)12-13-28(22)3/h5,8-13,15,17,21,29H,6-7,14,16H2,1-4H3,(H2,26,27,30). The van der Waals surface area contributed by atoms with Gasteiger partial charge in [0.15, 0.2) is 11.5 Å². The molecule has 0 aliphatic rings. The largest absolute Gasteiger partial charge is 0.493 e. The lowest BCUT2D eigenvalue weighted by Gasteiger charge is -2.19. The van der Waals surface area contributed by atoms with Gasteiger partial charge in [-0.15, -0.1) is 0 Å². The number of aliphatic hydroxyl groups excluding tert-OH is 1. The zero-order chi connectivity index (χ0) is 23.1. The average Bonchev–Trinajstić information content (AvgIpc) is 3.16. The number of fused-ring (bicyclic) bond motifs is 1. The highest BCUT2D eigenvalue weighted by atomic mass is 16.5. The van der Waals surface area contributed by atoms with E-state index in [-0.39, 0.29) is 6.61 Å². The third-order valence-corrected chi connectivity index (χ3v) is 5.43. The van der Waals surface area contributed by atoms with Gasteiger partial charge in [0.25, 0.3) is 0 Å². The van der Waals surface area contributed by atoms with E-state index in [1.165, 1.54) is 0 Å². The number of nitrogens with zero attached hydrogens (tertiary/aromatic N) is 1. The lowest BCUT2D eigenvalue weighted by molar-refractivity contribution is 0.226. The number of aliphatic hydroxyl groups is 1. The molecular formula is C25H33N3O4. The average molecular weight is 440 g/mol. The highest BCUT2D eigenvalue weighted by Crippen LogP contribution is 2.31. The van der Waals surface area contributed by atoms with E-state index in [1.54, 1.807) is 25.3 Å². The van der Waals surface area contributed by atoms with Gasteiger partial charge in [-0.05, 0) is 48.6 Å². The summed E-state index contributed by atoms with van der Waals surface area (Å²) in [5.74, 6) is 1.82. The minimum Gasteiger partial charge on any atom is -0.493 e. The first-order valence-electron chi connectivity index (χ1n) is 11.0. The maximum Gasteiger partial charge on any atom is 0.319 e. The van der Waals surface area contributed by atoms with Crippen LogP contribution in [0.3, 0.4) is 0 Å². The molecule has 7 heteroatoms. The fraction of sp³-hybridized carbons (Fsp3) is 0.400. The van der Waals surface area contributed by atoms with Gasteiger partial charge in [-0.3, -0.25) is 0 Å². The van der Waals surface area contributed by atoms with Gasteiger partial charge in [0.05, 0.1) is 26.4 Å². The molecule has 2 aromatic carbocycles. The Morgan fingerprint density at radius 1 is 1.16 bits per heavy atom. The van der Waals surface area contributed by atoms with Crippen molar-refractivity contribution in [1.82, 2.24) is 9.88 Å².